The zero-order valence-electron chi connectivity index (χ0n) is 20.7. The number of imidazole rings is 1. The molecule has 0 radical (unpaired) electrons. The van der Waals surface area contributed by atoms with Crippen LogP contribution in [0.1, 0.15) is 50.7 Å². The highest BCUT2D eigenvalue weighted by Crippen LogP contribution is 2.44. The van der Waals surface area contributed by atoms with Gasteiger partial charge in [-0.15, -0.1) is 0 Å². The van der Waals surface area contributed by atoms with Crippen molar-refractivity contribution in [2.75, 3.05) is 0 Å². The molecule has 0 saturated heterocycles. The summed E-state index contributed by atoms with van der Waals surface area (Å²) in [4.78, 5) is 14.3. The molecule has 0 fully saturated rings. The number of benzene rings is 2. The van der Waals surface area contributed by atoms with Gasteiger partial charge in [-0.25, -0.2) is 4.98 Å². The van der Waals surface area contributed by atoms with E-state index >= 15 is 0 Å². The lowest BCUT2D eigenvalue weighted by Gasteiger charge is -2.27. The van der Waals surface area contributed by atoms with E-state index in [9.17, 15) is 0 Å². The van der Waals surface area contributed by atoms with Gasteiger partial charge in [0.1, 0.15) is 5.82 Å². The van der Waals surface area contributed by atoms with Gasteiger partial charge < -0.3 is 0 Å². The minimum absolute atomic E-state index is 0.267. The van der Waals surface area contributed by atoms with Crippen molar-refractivity contribution in [2.24, 2.45) is 0 Å². The minimum atomic E-state index is 0.267. The van der Waals surface area contributed by atoms with Gasteiger partial charge >= 0.3 is 0 Å². The minimum Gasteiger partial charge on any atom is -0.299 e. The molecule has 2 aromatic carbocycles. The molecule has 0 atom stereocenters. The van der Waals surface area contributed by atoms with Gasteiger partial charge in [0.15, 0.2) is 0 Å². The first-order valence-corrected chi connectivity index (χ1v) is 12.2. The van der Waals surface area contributed by atoms with Crippen LogP contribution in [-0.4, -0.2) is 19.5 Å². The van der Waals surface area contributed by atoms with Crippen molar-refractivity contribution in [1.82, 2.24) is 19.5 Å². The van der Waals surface area contributed by atoms with Crippen molar-refractivity contribution < 1.29 is 0 Å². The maximum atomic E-state index is 4.80. The topological polar surface area (TPSA) is 43.6 Å². The van der Waals surface area contributed by atoms with Gasteiger partial charge in [-0.05, 0) is 53.3 Å². The van der Waals surface area contributed by atoms with Crippen LogP contribution in [0.15, 0.2) is 97.6 Å². The van der Waals surface area contributed by atoms with E-state index in [4.69, 9.17) is 15.0 Å². The molecule has 3 heterocycles. The van der Waals surface area contributed by atoms with Crippen LogP contribution in [0.4, 0.5) is 0 Å². The van der Waals surface area contributed by atoms with Gasteiger partial charge in [0.25, 0.3) is 0 Å². The molecule has 0 aliphatic heterocycles. The lowest BCUT2D eigenvalue weighted by molar-refractivity contribution is 0.809. The second-order valence-corrected chi connectivity index (χ2v) is 9.37. The van der Waals surface area contributed by atoms with Gasteiger partial charge in [-0.2, -0.15) is 0 Å². The zero-order valence-corrected chi connectivity index (χ0v) is 20.7. The molecule has 5 rings (SSSR count). The van der Waals surface area contributed by atoms with Crippen molar-refractivity contribution >= 4 is 0 Å². The molecule has 3 aromatic heterocycles. The molecule has 0 amide bonds. The van der Waals surface area contributed by atoms with E-state index in [1.54, 1.807) is 0 Å². The molecule has 0 N–H and O–H groups in total. The summed E-state index contributed by atoms with van der Waals surface area (Å²) < 4.78 is 2.26. The van der Waals surface area contributed by atoms with E-state index in [0.717, 1.165) is 33.9 Å². The average Bonchev–Trinajstić information content (AvgIpc) is 3.38. The molecule has 4 heteroatoms. The molecular formula is C31H30N4. The second-order valence-electron chi connectivity index (χ2n) is 9.37. The van der Waals surface area contributed by atoms with Crippen LogP contribution in [0.5, 0.6) is 0 Å². The molecule has 35 heavy (non-hydrogen) atoms. The van der Waals surface area contributed by atoms with Crippen LogP contribution in [0.2, 0.25) is 0 Å². The number of pyridine rings is 2. The highest BCUT2D eigenvalue weighted by atomic mass is 15.1. The molecule has 0 spiro atoms. The van der Waals surface area contributed by atoms with E-state index < -0.39 is 0 Å². The van der Waals surface area contributed by atoms with Gasteiger partial charge in [-0.1, -0.05) is 70.2 Å². The lowest BCUT2D eigenvalue weighted by Crippen LogP contribution is -2.12. The summed E-state index contributed by atoms with van der Waals surface area (Å²) in [5.41, 5.74) is 8.99. The third-order valence-corrected chi connectivity index (χ3v) is 6.33. The first-order chi connectivity index (χ1) is 17.1. The monoisotopic (exact) mass is 458 g/mol. The van der Waals surface area contributed by atoms with Gasteiger partial charge in [0, 0.05) is 41.5 Å². The smallest absolute Gasteiger partial charge is 0.144 e. The Morgan fingerprint density at radius 3 is 1.63 bits per heavy atom. The van der Waals surface area contributed by atoms with E-state index in [1.165, 1.54) is 16.8 Å². The Morgan fingerprint density at radius 2 is 1.14 bits per heavy atom. The molecule has 4 nitrogen and oxygen atoms in total. The normalized spacial score (nSPS) is 11.4. The fourth-order valence-corrected chi connectivity index (χ4v) is 4.88. The van der Waals surface area contributed by atoms with Crippen LogP contribution in [0.3, 0.4) is 0 Å². The van der Waals surface area contributed by atoms with Crippen LogP contribution in [-0.2, 0) is 0 Å². The fraction of sp³-hybridized carbons (Fsp3) is 0.194. The maximum absolute atomic E-state index is 4.80. The summed E-state index contributed by atoms with van der Waals surface area (Å²) in [6.07, 6.45) is 7.70. The first-order valence-electron chi connectivity index (χ1n) is 12.2. The SMILES string of the molecule is CC(C)c1c(-c2ccccn2)cc(-c2ccccn2)c(C(C)C)c1-n1ccnc1-c1ccccc1. The van der Waals surface area contributed by atoms with Gasteiger partial charge in [-0.3, -0.25) is 14.5 Å². The lowest BCUT2D eigenvalue weighted by atomic mass is 9.83. The van der Waals surface area contributed by atoms with Crippen molar-refractivity contribution in [2.45, 2.75) is 39.5 Å². The predicted octanol–water partition coefficient (Wildman–Crippen LogP) is 7.91. The largest absolute Gasteiger partial charge is 0.299 e. The number of rotatable bonds is 6. The summed E-state index contributed by atoms with van der Waals surface area (Å²) in [5.74, 6) is 1.46. The summed E-state index contributed by atoms with van der Waals surface area (Å²) in [6, 6.07) is 24.9. The van der Waals surface area contributed by atoms with E-state index in [-0.39, 0.29) is 11.8 Å². The predicted molar refractivity (Wildman–Crippen MR) is 144 cm³/mol. The summed E-state index contributed by atoms with van der Waals surface area (Å²) >= 11 is 0. The van der Waals surface area contributed by atoms with E-state index in [2.05, 4.69) is 93.1 Å². The summed E-state index contributed by atoms with van der Waals surface area (Å²) in [7, 11) is 0. The Morgan fingerprint density at radius 1 is 0.600 bits per heavy atom. The number of hydrogen-bond acceptors (Lipinski definition) is 3. The average molecular weight is 459 g/mol. The fourth-order valence-electron chi connectivity index (χ4n) is 4.88. The highest BCUT2D eigenvalue weighted by molar-refractivity contribution is 5.82. The van der Waals surface area contributed by atoms with Gasteiger partial charge in [0.05, 0.1) is 17.1 Å². The molecule has 174 valence electrons. The third kappa shape index (κ3) is 4.28. The number of nitrogens with zero attached hydrogens (tertiary/aromatic N) is 4. The van der Waals surface area contributed by atoms with E-state index in [0.29, 0.717) is 0 Å². The second kappa shape index (κ2) is 9.67. The van der Waals surface area contributed by atoms with Crippen molar-refractivity contribution in [1.29, 1.82) is 0 Å². The van der Waals surface area contributed by atoms with E-state index in [1.807, 2.05) is 36.8 Å². The Bertz CT molecular complexity index is 1350. The number of aromatic nitrogens is 4. The molecular weight excluding hydrogens is 428 g/mol. The molecule has 0 aliphatic rings. The summed E-state index contributed by atoms with van der Waals surface area (Å²) in [5, 5.41) is 0. The molecule has 5 aromatic rings. The van der Waals surface area contributed by atoms with Crippen molar-refractivity contribution in [3.63, 3.8) is 0 Å². The van der Waals surface area contributed by atoms with Gasteiger partial charge in [0.2, 0.25) is 0 Å². The maximum Gasteiger partial charge on any atom is 0.144 e. The Labute approximate surface area is 207 Å². The van der Waals surface area contributed by atoms with Crippen molar-refractivity contribution in [3.05, 3.63) is 109 Å². The zero-order chi connectivity index (χ0) is 24.4. The Kier molecular flexibility index (Phi) is 6.28. The van der Waals surface area contributed by atoms with Crippen molar-refractivity contribution in [3.8, 4) is 39.6 Å². The molecule has 0 saturated carbocycles. The number of hydrogen-bond donors (Lipinski definition) is 0. The highest BCUT2D eigenvalue weighted by Gasteiger charge is 2.26. The molecule has 0 unspecified atom stereocenters. The Hall–Kier alpha value is -4.05. The quantitative estimate of drug-likeness (QED) is 0.260. The Balaban J connectivity index is 1.94. The first kappa shape index (κ1) is 22.7. The van der Waals surface area contributed by atoms with Crippen LogP contribution in [0, 0.1) is 0 Å². The van der Waals surface area contributed by atoms with Crippen LogP contribution >= 0.6 is 0 Å². The standard InChI is InChI=1S/C31H30N4/c1-21(2)28-24(26-14-8-10-16-32-26)20-25(27-15-9-11-17-33-27)29(22(3)4)30(28)35-19-18-34-31(35)23-12-6-5-7-13-23/h5-22H,1-4H3. The van der Waals surface area contributed by atoms with Crippen LogP contribution in [0.25, 0.3) is 39.6 Å². The third-order valence-electron chi connectivity index (χ3n) is 6.33. The molecule has 0 bridgehead atoms. The molecule has 0 aliphatic carbocycles. The van der Waals surface area contributed by atoms with Crippen LogP contribution < -0.4 is 0 Å². The summed E-state index contributed by atoms with van der Waals surface area (Å²) in [6.45, 7) is 9.04.